The number of ether oxygens (including phenoxy) is 1. The molecule has 1 saturated heterocycles. The maximum Gasteiger partial charge on any atom is 0.261 e. The number of nitrogens with one attached hydrogen (secondary N) is 2. The van der Waals surface area contributed by atoms with Crippen LogP contribution in [-0.2, 0) is 6.54 Å². The maximum absolute atomic E-state index is 14.0. The molecule has 194 valence electrons. The fraction of sp³-hybridized carbons (Fsp3) is 0.200. The Bertz CT molecular complexity index is 1450. The summed E-state index contributed by atoms with van der Waals surface area (Å²) in [6.07, 6.45) is 0. The van der Waals surface area contributed by atoms with Crippen LogP contribution in [0.25, 0.3) is 10.8 Å². The minimum atomic E-state index is -0.338. The van der Waals surface area contributed by atoms with E-state index in [1.54, 1.807) is 19.2 Å². The van der Waals surface area contributed by atoms with E-state index >= 15 is 0 Å². The van der Waals surface area contributed by atoms with Gasteiger partial charge in [-0.25, -0.2) is 4.39 Å². The third-order valence-corrected chi connectivity index (χ3v) is 6.96. The molecule has 1 aliphatic heterocycles. The lowest BCUT2D eigenvalue weighted by molar-refractivity contribution is 0.0975. The van der Waals surface area contributed by atoms with Crippen molar-refractivity contribution >= 4 is 45.4 Å². The topological polar surface area (TPSA) is 56.8 Å². The summed E-state index contributed by atoms with van der Waals surface area (Å²) in [4.78, 5) is 17.5. The molecule has 8 heteroatoms. The van der Waals surface area contributed by atoms with Crippen molar-refractivity contribution in [3.63, 3.8) is 0 Å². The molecule has 38 heavy (non-hydrogen) atoms. The number of thiocarbonyl (C=S) groups is 1. The Morgan fingerprint density at radius 2 is 1.58 bits per heavy atom. The smallest absolute Gasteiger partial charge is 0.261 e. The number of carbonyl (C=O) groups excluding carboxylic acids is 1. The molecule has 0 saturated carbocycles. The van der Waals surface area contributed by atoms with Gasteiger partial charge in [-0.15, -0.1) is 0 Å². The summed E-state index contributed by atoms with van der Waals surface area (Å²) >= 11 is 5.39. The van der Waals surface area contributed by atoms with Crippen LogP contribution >= 0.6 is 12.2 Å². The first-order valence-electron chi connectivity index (χ1n) is 12.5. The molecular weight excluding hydrogens is 499 g/mol. The van der Waals surface area contributed by atoms with Gasteiger partial charge in [-0.05, 0) is 65.5 Å². The number of anilines is 2. The van der Waals surface area contributed by atoms with Gasteiger partial charge in [0.15, 0.2) is 5.11 Å². The normalized spacial score (nSPS) is 13.8. The average molecular weight is 529 g/mol. The average Bonchev–Trinajstić information content (AvgIpc) is 2.94. The third-order valence-electron chi connectivity index (χ3n) is 6.75. The summed E-state index contributed by atoms with van der Waals surface area (Å²) in [6.45, 7) is 4.08. The van der Waals surface area contributed by atoms with Gasteiger partial charge >= 0.3 is 0 Å². The van der Waals surface area contributed by atoms with Crippen molar-refractivity contribution in [3.8, 4) is 5.75 Å². The molecule has 2 N–H and O–H groups in total. The number of fused-ring (bicyclic) bond motifs is 1. The molecule has 0 bridgehead atoms. The van der Waals surface area contributed by atoms with E-state index in [4.69, 9.17) is 17.0 Å². The standard InChI is InChI=1S/C30H29FN4O2S/c1-37-28-19-22-7-3-2-6-21(22)18-26(28)29(36)33-30(38)32-24-10-12-25(13-11-24)35-16-14-34(15-17-35)20-23-8-4-5-9-27(23)31/h2-13,18-19H,14-17,20H2,1H3,(H2,32,33,36,38). The van der Waals surface area contributed by atoms with Gasteiger partial charge in [0.1, 0.15) is 11.6 Å². The molecule has 4 aromatic rings. The Hall–Kier alpha value is -4.01. The largest absolute Gasteiger partial charge is 0.496 e. The van der Waals surface area contributed by atoms with Gasteiger partial charge in [0.05, 0.1) is 12.7 Å². The highest BCUT2D eigenvalue weighted by atomic mass is 32.1. The highest BCUT2D eigenvalue weighted by molar-refractivity contribution is 7.80. The second kappa shape index (κ2) is 11.6. The summed E-state index contributed by atoms with van der Waals surface area (Å²) in [5.41, 5.74) is 3.04. The van der Waals surface area contributed by atoms with Crippen molar-refractivity contribution in [2.75, 3.05) is 43.5 Å². The molecule has 0 spiro atoms. The number of rotatable bonds is 6. The zero-order valence-electron chi connectivity index (χ0n) is 21.1. The van der Waals surface area contributed by atoms with Crippen LogP contribution in [0.3, 0.4) is 0 Å². The Kier molecular flexibility index (Phi) is 7.81. The lowest BCUT2D eigenvalue weighted by Gasteiger charge is -2.36. The second-order valence-corrected chi connectivity index (χ2v) is 9.62. The van der Waals surface area contributed by atoms with Crippen LogP contribution < -0.4 is 20.3 Å². The lowest BCUT2D eigenvalue weighted by Crippen LogP contribution is -2.46. The van der Waals surface area contributed by atoms with E-state index in [1.165, 1.54) is 6.07 Å². The second-order valence-electron chi connectivity index (χ2n) is 9.21. The Balaban J connectivity index is 1.15. The minimum Gasteiger partial charge on any atom is -0.496 e. The van der Waals surface area contributed by atoms with Crippen molar-refractivity contribution in [1.82, 2.24) is 10.2 Å². The van der Waals surface area contributed by atoms with Gasteiger partial charge in [0.2, 0.25) is 0 Å². The molecule has 0 radical (unpaired) electrons. The van der Waals surface area contributed by atoms with E-state index in [0.717, 1.165) is 53.9 Å². The van der Waals surface area contributed by atoms with Gasteiger partial charge < -0.3 is 15.0 Å². The van der Waals surface area contributed by atoms with Crippen molar-refractivity contribution in [1.29, 1.82) is 0 Å². The number of hydrogen-bond donors (Lipinski definition) is 2. The monoisotopic (exact) mass is 528 g/mol. The number of amides is 1. The van der Waals surface area contributed by atoms with E-state index in [1.807, 2.05) is 66.7 Å². The van der Waals surface area contributed by atoms with E-state index in [0.29, 0.717) is 17.9 Å². The Morgan fingerprint density at radius 1 is 0.921 bits per heavy atom. The van der Waals surface area contributed by atoms with Gasteiger partial charge in [0.25, 0.3) is 5.91 Å². The molecule has 0 atom stereocenters. The van der Waals surface area contributed by atoms with Crippen LogP contribution in [0.5, 0.6) is 5.75 Å². The van der Waals surface area contributed by atoms with E-state index in [-0.39, 0.29) is 16.8 Å². The first-order valence-corrected chi connectivity index (χ1v) is 12.9. The van der Waals surface area contributed by atoms with Crippen molar-refractivity contribution in [2.45, 2.75) is 6.54 Å². The fourth-order valence-corrected chi connectivity index (χ4v) is 4.90. The fourth-order valence-electron chi connectivity index (χ4n) is 4.69. The number of methoxy groups -OCH3 is 1. The van der Waals surface area contributed by atoms with Crippen LogP contribution in [0.15, 0.2) is 84.9 Å². The predicted molar refractivity (Wildman–Crippen MR) is 155 cm³/mol. The molecule has 4 aromatic carbocycles. The van der Waals surface area contributed by atoms with Gasteiger partial charge in [0, 0.05) is 49.7 Å². The third kappa shape index (κ3) is 5.93. The van der Waals surface area contributed by atoms with Crippen LogP contribution in [0, 0.1) is 5.82 Å². The van der Waals surface area contributed by atoms with Crippen LogP contribution in [0.1, 0.15) is 15.9 Å². The summed E-state index contributed by atoms with van der Waals surface area (Å²) in [5, 5.41) is 7.98. The van der Waals surface area contributed by atoms with Gasteiger partial charge in [-0.1, -0.05) is 42.5 Å². The molecule has 5 rings (SSSR count). The first kappa shape index (κ1) is 25.6. The van der Waals surface area contributed by atoms with Crippen LogP contribution in [0.4, 0.5) is 15.8 Å². The van der Waals surface area contributed by atoms with Gasteiger partial charge in [-0.2, -0.15) is 0 Å². The van der Waals surface area contributed by atoms with E-state index in [9.17, 15) is 9.18 Å². The zero-order chi connectivity index (χ0) is 26.5. The molecule has 0 aliphatic carbocycles. The number of halogens is 1. The minimum absolute atomic E-state index is 0.150. The van der Waals surface area contributed by atoms with E-state index < -0.39 is 0 Å². The molecule has 0 aromatic heterocycles. The molecule has 6 nitrogen and oxygen atoms in total. The predicted octanol–water partition coefficient (Wildman–Crippen LogP) is 5.44. The lowest BCUT2D eigenvalue weighted by atomic mass is 10.1. The number of carbonyl (C=O) groups is 1. The first-order chi connectivity index (χ1) is 18.5. The molecule has 0 unspecified atom stereocenters. The van der Waals surface area contributed by atoms with Crippen molar-refractivity contribution in [2.24, 2.45) is 0 Å². The molecule has 1 fully saturated rings. The molecule has 1 heterocycles. The summed E-state index contributed by atoms with van der Waals surface area (Å²) in [7, 11) is 1.54. The van der Waals surface area contributed by atoms with E-state index in [2.05, 4.69) is 20.4 Å². The molecule has 1 aliphatic rings. The van der Waals surface area contributed by atoms with Crippen LogP contribution in [0.2, 0.25) is 0 Å². The number of hydrogen-bond acceptors (Lipinski definition) is 5. The summed E-state index contributed by atoms with van der Waals surface area (Å²) in [6, 6.07) is 26.3. The summed E-state index contributed by atoms with van der Waals surface area (Å²) < 4.78 is 19.4. The number of nitrogens with zero attached hydrogens (tertiary/aromatic N) is 2. The quantitative estimate of drug-likeness (QED) is 0.325. The van der Waals surface area contributed by atoms with Crippen molar-refractivity contribution < 1.29 is 13.9 Å². The molecular formula is C30H29FN4O2S. The maximum atomic E-state index is 14.0. The Labute approximate surface area is 227 Å². The number of piperazine rings is 1. The zero-order valence-corrected chi connectivity index (χ0v) is 21.9. The van der Waals surface area contributed by atoms with Gasteiger partial charge in [-0.3, -0.25) is 15.0 Å². The number of benzene rings is 4. The van der Waals surface area contributed by atoms with Crippen molar-refractivity contribution in [3.05, 3.63) is 102 Å². The Morgan fingerprint density at radius 3 is 2.26 bits per heavy atom. The molecule has 1 amide bonds. The highest BCUT2D eigenvalue weighted by Crippen LogP contribution is 2.26. The summed E-state index contributed by atoms with van der Waals surface area (Å²) in [5.74, 6) is 0.000791. The van der Waals surface area contributed by atoms with Crippen LogP contribution in [-0.4, -0.2) is 49.2 Å². The SMILES string of the molecule is COc1cc2ccccc2cc1C(=O)NC(=S)Nc1ccc(N2CCN(Cc3ccccc3F)CC2)cc1. The highest BCUT2D eigenvalue weighted by Gasteiger charge is 2.19.